The van der Waals surface area contributed by atoms with Crippen LogP contribution in [0.4, 0.5) is 0 Å². The van der Waals surface area contributed by atoms with Gasteiger partial charge in [0.1, 0.15) is 0 Å². The largest absolute Gasteiger partial charge is 0.392 e. The van der Waals surface area contributed by atoms with Crippen molar-refractivity contribution in [3.63, 3.8) is 0 Å². The van der Waals surface area contributed by atoms with Crippen LogP contribution in [0.2, 0.25) is 0 Å². The molecule has 2 fully saturated rings. The molecular weight excluding hydrogens is 144 g/mol. The highest BCUT2D eigenvalue weighted by atomic mass is 16.6. The van der Waals surface area contributed by atoms with Gasteiger partial charge in [0, 0.05) is 0 Å². The first-order chi connectivity index (χ1) is 5.01. The van der Waals surface area contributed by atoms with Crippen LogP contribution in [0.25, 0.3) is 0 Å². The minimum atomic E-state index is -0.510. The van der Waals surface area contributed by atoms with Crippen LogP contribution in [0.15, 0.2) is 0 Å². The lowest BCUT2D eigenvalue weighted by Crippen LogP contribution is -2.49. The second-order valence-corrected chi connectivity index (χ2v) is 3.84. The molecule has 1 aliphatic carbocycles. The van der Waals surface area contributed by atoms with Crippen molar-refractivity contribution in [1.29, 1.82) is 0 Å². The van der Waals surface area contributed by atoms with Crippen LogP contribution in [-0.4, -0.2) is 11.9 Å². The van der Waals surface area contributed by atoms with Gasteiger partial charge in [-0.3, -0.25) is 9.59 Å². The molecule has 1 heterocycles. The summed E-state index contributed by atoms with van der Waals surface area (Å²) in [5.74, 6) is -0.674. The van der Waals surface area contributed by atoms with E-state index in [0.717, 1.165) is 12.8 Å². The van der Waals surface area contributed by atoms with Crippen LogP contribution in [0, 0.1) is 10.8 Å². The molecule has 0 spiro atoms. The number of carbonyl (C=O) groups is 2. The molecule has 0 bridgehead atoms. The van der Waals surface area contributed by atoms with E-state index < -0.39 is 10.8 Å². The summed E-state index contributed by atoms with van der Waals surface area (Å²) in [5.41, 5.74) is -1.02. The predicted molar refractivity (Wildman–Crippen MR) is 36.5 cm³/mol. The molecule has 0 N–H and O–H groups in total. The molecule has 11 heavy (non-hydrogen) atoms. The Hall–Kier alpha value is -0.860. The van der Waals surface area contributed by atoms with Crippen molar-refractivity contribution in [2.45, 2.75) is 26.7 Å². The Morgan fingerprint density at radius 2 is 1.45 bits per heavy atom. The Labute approximate surface area is 64.7 Å². The van der Waals surface area contributed by atoms with Gasteiger partial charge in [0.15, 0.2) is 0 Å². The molecule has 1 saturated carbocycles. The lowest BCUT2D eigenvalue weighted by Gasteiger charge is -2.44. The first kappa shape index (κ1) is 6.83. The van der Waals surface area contributed by atoms with Gasteiger partial charge in [-0.2, -0.15) is 0 Å². The lowest BCUT2D eigenvalue weighted by atomic mass is 9.52. The fourth-order valence-corrected chi connectivity index (χ4v) is 1.84. The van der Waals surface area contributed by atoms with Crippen molar-refractivity contribution < 1.29 is 14.3 Å². The molecule has 0 aromatic heterocycles. The number of carbonyl (C=O) groups excluding carboxylic acids is 2. The van der Waals surface area contributed by atoms with Crippen LogP contribution < -0.4 is 0 Å². The third-order valence-electron chi connectivity index (χ3n) is 3.43. The molecule has 3 heteroatoms. The van der Waals surface area contributed by atoms with Crippen molar-refractivity contribution in [2.75, 3.05) is 0 Å². The minimum absolute atomic E-state index is 0.337. The Morgan fingerprint density at radius 3 is 1.64 bits per heavy atom. The summed E-state index contributed by atoms with van der Waals surface area (Å²) < 4.78 is 4.58. The molecule has 3 nitrogen and oxygen atoms in total. The van der Waals surface area contributed by atoms with E-state index in [4.69, 9.17) is 0 Å². The molecule has 0 unspecified atom stereocenters. The zero-order valence-corrected chi connectivity index (χ0v) is 6.64. The maximum Gasteiger partial charge on any atom is 0.320 e. The van der Waals surface area contributed by atoms with E-state index in [9.17, 15) is 9.59 Å². The Kier molecular flexibility index (Phi) is 0.926. The average molecular weight is 154 g/mol. The number of esters is 2. The third kappa shape index (κ3) is 0.481. The topological polar surface area (TPSA) is 43.4 Å². The van der Waals surface area contributed by atoms with Gasteiger partial charge in [0.05, 0.1) is 10.8 Å². The standard InChI is InChI=1S/C8H10O3/c1-7-3-4-8(7,2)6(10)11-5(7)9/h3-4H2,1-2H3/t7-,8+. The summed E-state index contributed by atoms with van der Waals surface area (Å²) >= 11 is 0. The van der Waals surface area contributed by atoms with E-state index in [1.165, 1.54) is 0 Å². The molecular formula is C8H10O3. The smallest absolute Gasteiger partial charge is 0.320 e. The summed E-state index contributed by atoms with van der Waals surface area (Å²) in [4.78, 5) is 22.3. The van der Waals surface area contributed by atoms with Crippen LogP contribution in [-0.2, 0) is 14.3 Å². The van der Waals surface area contributed by atoms with Crippen molar-refractivity contribution in [1.82, 2.24) is 0 Å². The second-order valence-electron chi connectivity index (χ2n) is 3.84. The highest BCUT2D eigenvalue weighted by Crippen LogP contribution is 2.61. The number of hydrogen-bond acceptors (Lipinski definition) is 3. The van der Waals surface area contributed by atoms with E-state index in [2.05, 4.69) is 4.74 Å². The highest BCUT2D eigenvalue weighted by Gasteiger charge is 2.69. The van der Waals surface area contributed by atoms with Crippen LogP contribution in [0.3, 0.4) is 0 Å². The van der Waals surface area contributed by atoms with Crippen molar-refractivity contribution in [2.24, 2.45) is 10.8 Å². The van der Waals surface area contributed by atoms with Gasteiger partial charge in [-0.05, 0) is 26.7 Å². The Balaban J connectivity index is 2.48. The number of cyclic esters (lactones) is 2. The molecule has 1 aliphatic heterocycles. The molecule has 0 aromatic rings. The fourth-order valence-electron chi connectivity index (χ4n) is 1.84. The third-order valence-corrected chi connectivity index (χ3v) is 3.43. The highest BCUT2D eigenvalue weighted by molar-refractivity contribution is 6.02. The predicted octanol–water partition coefficient (Wildman–Crippen LogP) is 0.876. The van der Waals surface area contributed by atoms with E-state index in [1.54, 1.807) is 0 Å². The van der Waals surface area contributed by atoms with E-state index >= 15 is 0 Å². The van der Waals surface area contributed by atoms with Gasteiger partial charge in [-0.15, -0.1) is 0 Å². The normalized spacial score (nSPS) is 48.2. The van der Waals surface area contributed by atoms with Gasteiger partial charge in [-0.25, -0.2) is 0 Å². The molecule has 2 rings (SSSR count). The van der Waals surface area contributed by atoms with Crippen molar-refractivity contribution >= 4 is 11.9 Å². The molecule has 2 atom stereocenters. The first-order valence-corrected chi connectivity index (χ1v) is 3.77. The van der Waals surface area contributed by atoms with Crippen LogP contribution in [0.1, 0.15) is 26.7 Å². The van der Waals surface area contributed by atoms with Crippen molar-refractivity contribution in [3.05, 3.63) is 0 Å². The van der Waals surface area contributed by atoms with E-state index in [1.807, 2.05) is 13.8 Å². The number of fused-ring (bicyclic) bond motifs is 1. The summed E-state index contributed by atoms with van der Waals surface area (Å²) in [5, 5.41) is 0. The fraction of sp³-hybridized carbons (Fsp3) is 0.750. The minimum Gasteiger partial charge on any atom is -0.392 e. The summed E-state index contributed by atoms with van der Waals surface area (Å²) in [7, 11) is 0. The van der Waals surface area contributed by atoms with Gasteiger partial charge in [0.25, 0.3) is 0 Å². The van der Waals surface area contributed by atoms with Gasteiger partial charge >= 0.3 is 11.9 Å². The maximum absolute atomic E-state index is 11.1. The second kappa shape index (κ2) is 1.49. The zero-order chi connectivity index (χ0) is 8.28. The van der Waals surface area contributed by atoms with E-state index in [-0.39, 0.29) is 11.9 Å². The number of hydrogen-bond donors (Lipinski definition) is 0. The quantitative estimate of drug-likeness (QED) is 0.384. The average Bonchev–Trinajstić information content (AvgIpc) is 2.05. The first-order valence-electron chi connectivity index (χ1n) is 3.77. The monoisotopic (exact) mass is 154 g/mol. The number of rotatable bonds is 0. The SMILES string of the molecule is C[C@@]12CC[C@]1(C)C(=O)OC2=O. The maximum atomic E-state index is 11.1. The van der Waals surface area contributed by atoms with Gasteiger partial charge in [0.2, 0.25) is 0 Å². The lowest BCUT2D eigenvalue weighted by molar-refractivity contribution is -0.154. The summed E-state index contributed by atoms with van der Waals surface area (Å²) in [6.45, 7) is 3.62. The Bertz CT molecular complexity index is 232. The van der Waals surface area contributed by atoms with Gasteiger partial charge in [-0.1, -0.05) is 0 Å². The zero-order valence-electron chi connectivity index (χ0n) is 6.64. The summed E-state index contributed by atoms with van der Waals surface area (Å²) in [6.07, 6.45) is 1.57. The van der Waals surface area contributed by atoms with Crippen LogP contribution in [0.5, 0.6) is 0 Å². The molecule has 2 aliphatic rings. The Morgan fingerprint density at radius 1 is 1.09 bits per heavy atom. The molecule has 0 aromatic carbocycles. The molecule has 0 radical (unpaired) electrons. The van der Waals surface area contributed by atoms with E-state index in [0.29, 0.717) is 0 Å². The van der Waals surface area contributed by atoms with Crippen LogP contribution >= 0.6 is 0 Å². The molecule has 60 valence electrons. The number of ether oxygens (including phenoxy) is 1. The molecule has 1 saturated heterocycles. The summed E-state index contributed by atoms with van der Waals surface area (Å²) in [6, 6.07) is 0. The molecule has 0 amide bonds. The van der Waals surface area contributed by atoms with Crippen molar-refractivity contribution in [3.8, 4) is 0 Å². The van der Waals surface area contributed by atoms with Gasteiger partial charge < -0.3 is 4.74 Å².